The number of carbonyl (C=O) groups is 1. The Balaban J connectivity index is 2.00. The monoisotopic (exact) mass is 220 g/mol. The van der Waals surface area contributed by atoms with Crippen LogP contribution in [0, 0.1) is 5.41 Å². The molecule has 0 radical (unpaired) electrons. The molecule has 2 rings (SSSR count). The maximum absolute atomic E-state index is 11.2. The van der Waals surface area contributed by atoms with E-state index in [0.29, 0.717) is 17.2 Å². The van der Waals surface area contributed by atoms with Crippen molar-refractivity contribution in [1.29, 1.82) is 0 Å². The summed E-state index contributed by atoms with van der Waals surface area (Å²) >= 11 is 0. The van der Waals surface area contributed by atoms with Crippen molar-refractivity contribution >= 4 is 11.7 Å². The molecule has 2 N–H and O–H groups in total. The van der Waals surface area contributed by atoms with Gasteiger partial charge in [-0.25, -0.2) is 0 Å². The Morgan fingerprint density at radius 1 is 1.44 bits per heavy atom. The van der Waals surface area contributed by atoms with Crippen LogP contribution in [0.2, 0.25) is 0 Å². The van der Waals surface area contributed by atoms with Crippen LogP contribution in [-0.2, 0) is 0 Å². The number of hydrogen-bond acceptors (Lipinski definition) is 4. The molecular weight excluding hydrogens is 204 g/mol. The topological polar surface area (TPSA) is 66.9 Å². The minimum Gasteiger partial charge on any atom is -0.365 e. The molecule has 1 aliphatic carbocycles. The lowest BCUT2D eigenvalue weighted by Gasteiger charge is -2.06. The summed E-state index contributed by atoms with van der Waals surface area (Å²) in [6.45, 7) is 4.41. The van der Waals surface area contributed by atoms with E-state index in [4.69, 9.17) is 0 Å². The highest BCUT2D eigenvalue weighted by Crippen LogP contribution is 2.46. The van der Waals surface area contributed by atoms with Crippen LogP contribution in [0.15, 0.2) is 12.1 Å². The average Bonchev–Trinajstić information content (AvgIpc) is 2.86. The Kier molecular flexibility index (Phi) is 2.53. The highest BCUT2D eigenvalue weighted by Gasteiger charge is 2.45. The van der Waals surface area contributed by atoms with Crippen LogP contribution < -0.4 is 10.6 Å². The smallest absolute Gasteiger partial charge is 0.271 e. The number of carbonyl (C=O) groups excluding carboxylic acids is 1. The van der Waals surface area contributed by atoms with Crippen molar-refractivity contribution in [1.82, 2.24) is 15.5 Å². The van der Waals surface area contributed by atoms with Crippen LogP contribution >= 0.6 is 0 Å². The van der Waals surface area contributed by atoms with Gasteiger partial charge < -0.3 is 10.6 Å². The first-order valence-electron chi connectivity index (χ1n) is 5.35. The second-order valence-corrected chi connectivity index (χ2v) is 4.77. The third kappa shape index (κ3) is 2.13. The molecule has 0 bridgehead atoms. The van der Waals surface area contributed by atoms with Crippen LogP contribution in [0.4, 0.5) is 5.82 Å². The molecule has 1 saturated carbocycles. The zero-order valence-corrected chi connectivity index (χ0v) is 9.74. The summed E-state index contributed by atoms with van der Waals surface area (Å²) in [7, 11) is 1.57. The molecule has 1 aromatic heterocycles. The van der Waals surface area contributed by atoms with Gasteiger partial charge in [0, 0.05) is 13.1 Å². The Morgan fingerprint density at radius 3 is 2.56 bits per heavy atom. The van der Waals surface area contributed by atoms with Gasteiger partial charge in [0.2, 0.25) is 0 Å². The average molecular weight is 220 g/mol. The van der Waals surface area contributed by atoms with Gasteiger partial charge in [0.15, 0.2) is 5.69 Å². The molecule has 0 aliphatic heterocycles. The van der Waals surface area contributed by atoms with Crippen molar-refractivity contribution < 1.29 is 4.79 Å². The summed E-state index contributed by atoms with van der Waals surface area (Å²) in [6.07, 6.45) is 1.14. The van der Waals surface area contributed by atoms with E-state index < -0.39 is 0 Å². The van der Waals surface area contributed by atoms with Gasteiger partial charge in [0.05, 0.1) is 0 Å². The fourth-order valence-electron chi connectivity index (χ4n) is 1.55. The van der Waals surface area contributed by atoms with Crippen LogP contribution in [0.25, 0.3) is 0 Å². The van der Waals surface area contributed by atoms with E-state index in [1.54, 1.807) is 19.2 Å². The van der Waals surface area contributed by atoms with E-state index in [-0.39, 0.29) is 5.91 Å². The van der Waals surface area contributed by atoms with Crippen LogP contribution in [0.1, 0.15) is 30.8 Å². The molecule has 1 amide bonds. The number of amides is 1. The van der Waals surface area contributed by atoms with Gasteiger partial charge in [-0.3, -0.25) is 4.79 Å². The zero-order chi connectivity index (χ0) is 11.8. The minimum absolute atomic E-state index is 0.217. The molecule has 0 spiro atoms. The Morgan fingerprint density at radius 2 is 2.12 bits per heavy atom. The molecule has 1 unspecified atom stereocenters. The Bertz CT molecular complexity index is 399. The minimum atomic E-state index is -0.217. The predicted octanol–water partition coefficient (Wildman–Crippen LogP) is 1.05. The third-order valence-electron chi connectivity index (χ3n) is 2.96. The van der Waals surface area contributed by atoms with Crippen molar-refractivity contribution in [3.63, 3.8) is 0 Å². The number of anilines is 1. The molecule has 16 heavy (non-hydrogen) atoms. The molecule has 5 heteroatoms. The lowest BCUT2D eigenvalue weighted by atomic mass is 10.2. The van der Waals surface area contributed by atoms with E-state index in [1.807, 2.05) is 0 Å². The van der Waals surface area contributed by atoms with Gasteiger partial charge in [0.25, 0.3) is 5.91 Å². The first kappa shape index (κ1) is 10.9. The molecule has 1 heterocycles. The summed E-state index contributed by atoms with van der Waals surface area (Å²) in [5.74, 6) is 0.508. The summed E-state index contributed by atoms with van der Waals surface area (Å²) in [5.41, 5.74) is 0.685. The van der Waals surface area contributed by atoms with Crippen LogP contribution in [-0.4, -0.2) is 29.2 Å². The molecule has 86 valence electrons. The Hall–Kier alpha value is -1.65. The Labute approximate surface area is 94.6 Å². The van der Waals surface area contributed by atoms with Gasteiger partial charge in [-0.15, -0.1) is 10.2 Å². The number of aromatic nitrogens is 2. The van der Waals surface area contributed by atoms with E-state index >= 15 is 0 Å². The van der Waals surface area contributed by atoms with Crippen molar-refractivity contribution in [2.45, 2.75) is 26.3 Å². The van der Waals surface area contributed by atoms with Crippen molar-refractivity contribution in [3.8, 4) is 0 Å². The van der Waals surface area contributed by atoms with E-state index in [9.17, 15) is 4.79 Å². The van der Waals surface area contributed by atoms with E-state index in [2.05, 4.69) is 34.7 Å². The first-order chi connectivity index (χ1) is 7.53. The molecule has 1 fully saturated rings. The summed E-state index contributed by atoms with van der Waals surface area (Å²) in [5, 5.41) is 13.6. The summed E-state index contributed by atoms with van der Waals surface area (Å²) in [4.78, 5) is 11.2. The standard InChI is InChI=1S/C11H16N4O/c1-11(2)6-8(11)13-9-5-4-7(14-15-9)10(16)12-3/h4-5,8H,6H2,1-3H3,(H,12,16)(H,13,15). The first-order valence-corrected chi connectivity index (χ1v) is 5.35. The second-order valence-electron chi connectivity index (χ2n) is 4.77. The maximum Gasteiger partial charge on any atom is 0.271 e. The van der Waals surface area contributed by atoms with Crippen molar-refractivity contribution in [3.05, 3.63) is 17.8 Å². The molecular formula is C11H16N4O. The van der Waals surface area contributed by atoms with E-state index in [1.165, 1.54) is 0 Å². The van der Waals surface area contributed by atoms with Gasteiger partial charge in [0.1, 0.15) is 5.82 Å². The second kappa shape index (κ2) is 3.73. The lowest BCUT2D eigenvalue weighted by Crippen LogP contribution is -2.20. The number of nitrogens with zero attached hydrogens (tertiary/aromatic N) is 2. The number of hydrogen-bond donors (Lipinski definition) is 2. The normalized spacial score (nSPS) is 21.3. The molecule has 0 saturated heterocycles. The van der Waals surface area contributed by atoms with Gasteiger partial charge in [-0.1, -0.05) is 13.8 Å². The van der Waals surface area contributed by atoms with Crippen molar-refractivity contribution in [2.24, 2.45) is 5.41 Å². The molecule has 1 aromatic rings. The molecule has 1 aliphatic rings. The fourth-order valence-corrected chi connectivity index (χ4v) is 1.55. The molecule has 1 atom stereocenters. The summed E-state index contributed by atoms with van der Waals surface area (Å²) < 4.78 is 0. The number of rotatable bonds is 3. The van der Waals surface area contributed by atoms with E-state index in [0.717, 1.165) is 12.2 Å². The SMILES string of the molecule is CNC(=O)c1ccc(NC2CC2(C)C)nn1. The lowest BCUT2D eigenvalue weighted by molar-refractivity contribution is 0.0957. The highest BCUT2D eigenvalue weighted by atomic mass is 16.1. The largest absolute Gasteiger partial charge is 0.365 e. The maximum atomic E-state index is 11.2. The van der Waals surface area contributed by atoms with Crippen molar-refractivity contribution in [2.75, 3.05) is 12.4 Å². The summed E-state index contributed by atoms with van der Waals surface area (Å²) in [6, 6.07) is 3.92. The van der Waals surface area contributed by atoms with Gasteiger partial charge in [-0.05, 0) is 24.0 Å². The molecule has 5 nitrogen and oxygen atoms in total. The third-order valence-corrected chi connectivity index (χ3v) is 2.96. The number of nitrogens with one attached hydrogen (secondary N) is 2. The zero-order valence-electron chi connectivity index (χ0n) is 9.74. The van der Waals surface area contributed by atoms with Crippen LogP contribution in [0.3, 0.4) is 0 Å². The van der Waals surface area contributed by atoms with Gasteiger partial charge in [-0.2, -0.15) is 0 Å². The predicted molar refractivity (Wildman–Crippen MR) is 61.2 cm³/mol. The molecule has 0 aromatic carbocycles. The quantitative estimate of drug-likeness (QED) is 0.799. The van der Waals surface area contributed by atoms with Gasteiger partial charge >= 0.3 is 0 Å². The van der Waals surface area contributed by atoms with Crippen LogP contribution in [0.5, 0.6) is 0 Å². The fraction of sp³-hybridized carbons (Fsp3) is 0.545. The highest BCUT2D eigenvalue weighted by molar-refractivity contribution is 5.91.